The molecule has 116 valence electrons. The molecule has 1 aromatic rings. The van der Waals surface area contributed by atoms with Crippen LogP contribution >= 0.6 is 0 Å². The zero-order chi connectivity index (χ0) is 15.8. The first-order valence-electron chi connectivity index (χ1n) is 7.15. The first kappa shape index (κ1) is 16.0. The molecule has 1 saturated carbocycles. The monoisotopic (exact) mass is 310 g/mol. The molecule has 1 fully saturated rings. The van der Waals surface area contributed by atoms with Crippen molar-refractivity contribution in [2.24, 2.45) is 11.1 Å². The molecular formula is C15H22N2O3S. The lowest BCUT2D eigenvalue weighted by Crippen LogP contribution is -2.40. The Morgan fingerprint density at radius 2 is 1.95 bits per heavy atom. The highest BCUT2D eigenvalue weighted by molar-refractivity contribution is 7.89. The number of rotatable bonds is 4. The number of hydrogen-bond acceptors (Lipinski definition) is 3. The van der Waals surface area contributed by atoms with Gasteiger partial charge in [-0.1, -0.05) is 6.42 Å². The minimum atomic E-state index is -3.83. The number of amides is 1. The van der Waals surface area contributed by atoms with Gasteiger partial charge in [-0.15, -0.1) is 0 Å². The Hall–Kier alpha value is -1.40. The maximum Gasteiger partial charge on any atom is 0.251 e. The van der Waals surface area contributed by atoms with Crippen molar-refractivity contribution >= 4 is 15.9 Å². The number of primary sulfonamides is 1. The third-order valence-electron chi connectivity index (χ3n) is 4.40. The van der Waals surface area contributed by atoms with Crippen LogP contribution in [0.5, 0.6) is 0 Å². The maximum absolute atomic E-state index is 12.3. The zero-order valence-corrected chi connectivity index (χ0v) is 13.5. The number of carbonyl (C=O) groups is 1. The highest BCUT2D eigenvalue weighted by Gasteiger charge is 2.26. The fraction of sp³-hybridized carbons (Fsp3) is 0.533. The number of carbonyl (C=O) groups excluding carboxylic acids is 1. The van der Waals surface area contributed by atoms with E-state index >= 15 is 0 Å². The van der Waals surface area contributed by atoms with Gasteiger partial charge in [0.1, 0.15) is 0 Å². The lowest BCUT2D eigenvalue weighted by Gasteiger charge is -2.31. The van der Waals surface area contributed by atoms with Crippen molar-refractivity contribution in [1.29, 1.82) is 0 Å². The Kier molecular flexibility index (Phi) is 4.39. The third kappa shape index (κ3) is 3.44. The molecule has 1 unspecified atom stereocenters. The predicted octanol–water partition coefficient (Wildman–Crippen LogP) is 1.87. The minimum absolute atomic E-state index is 0.0175. The number of sulfonamides is 1. The first-order chi connectivity index (χ1) is 9.70. The lowest BCUT2D eigenvalue weighted by atomic mass is 9.80. The van der Waals surface area contributed by atoms with Crippen molar-refractivity contribution in [3.8, 4) is 0 Å². The molecular weight excluding hydrogens is 288 g/mol. The number of aryl methyl sites for hydroxylation is 1. The third-order valence-corrected chi connectivity index (χ3v) is 5.44. The van der Waals surface area contributed by atoms with E-state index in [0.717, 1.165) is 18.4 Å². The van der Waals surface area contributed by atoms with Crippen LogP contribution < -0.4 is 10.5 Å². The van der Waals surface area contributed by atoms with E-state index in [1.807, 2.05) is 6.92 Å². The summed E-state index contributed by atoms with van der Waals surface area (Å²) in [5, 5.41) is 8.17. The van der Waals surface area contributed by atoms with Crippen LogP contribution in [0.2, 0.25) is 0 Å². The fourth-order valence-corrected chi connectivity index (χ4v) is 3.48. The first-order valence-corrected chi connectivity index (χ1v) is 8.69. The van der Waals surface area contributed by atoms with Gasteiger partial charge in [-0.2, -0.15) is 0 Å². The molecule has 0 spiro atoms. The SMILES string of the molecule is Cc1cc(C(=O)NC(C)C2CCC2)cc(S(N)(=O)=O)c1C. The largest absolute Gasteiger partial charge is 0.349 e. The molecule has 1 aliphatic carbocycles. The van der Waals surface area contributed by atoms with Crippen molar-refractivity contribution in [1.82, 2.24) is 5.32 Å². The van der Waals surface area contributed by atoms with Crippen LogP contribution in [0.1, 0.15) is 47.7 Å². The predicted molar refractivity (Wildman–Crippen MR) is 81.6 cm³/mol. The van der Waals surface area contributed by atoms with Gasteiger partial charge >= 0.3 is 0 Å². The van der Waals surface area contributed by atoms with Crippen molar-refractivity contribution in [3.05, 3.63) is 28.8 Å². The summed E-state index contributed by atoms with van der Waals surface area (Å²) >= 11 is 0. The van der Waals surface area contributed by atoms with Gasteiger partial charge in [0.25, 0.3) is 5.91 Å². The van der Waals surface area contributed by atoms with Crippen LogP contribution in [-0.2, 0) is 10.0 Å². The standard InChI is InChI=1S/C15H22N2O3S/c1-9-7-13(8-14(10(9)2)21(16,19)20)15(18)17-11(3)12-5-4-6-12/h7-8,11-12H,4-6H2,1-3H3,(H,17,18)(H2,16,19,20). The van der Waals surface area contributed by atoms with Gasteiger partial charge in [0.2, 0.25) is 10.0 Å². The van der Waals surface area contributed by atoms with Crippen molar-refractivity contribution < 1.29 is 13.2 Å². The maximum atomic E-state index is 12.3. The highest BCUT2D eigenvalue weighted by Crippen LogP contribution is 2.29. The molecule has 1 aromatic carbocycles. The Morgan fingerprint density at radius 3 is 2.43 bits per heavy atom. The Balaban J connectivity index is 2.27. The molecule has 1 atom stereocenters. The van der Waals surface area contributed by atoms with E-state index in [2.05, 4.69) is 5.32 Å². The van der Waals surface area contributed by atoms with Crippen LogP contribution in [0.15, 0.2) is 17.0 Å². The summed E-state index contributed by atoms with van der Waals surface area (Å²) in [6.45, 7) is 5.45. The van der Waals surface area contributed by atoms with Gasteiger partial charge in [0.05, 0.1) is 4.90 Å². The molecule has 6 heteroatoms. The summed E-state index contributed by atoms with van der Waals surface area (Å²) in [6, 6.07) is 3.17. The molecule has 0 bridgehead atoms. The average Bonchev–Trinajstić information content (AvgIpc) is 2.28. The lowest BCUT2D eigenvalue weighted by molar-refractivity contribution is 0.0909. The summed E-state index contributed by atoms with van der Waals surface area (Å²) < 4.78 is 23.2. The van der Waals surface area contributed by atoms with E-state index in [1.54, 1.807) is 19.9 Å². The minimum Gasteiger partial charge on any atom is -0.349 e. The summed E-state index contributed by atoms with van der Waals surface area (Å²) in [5.41, 5.74) is 1.66. The van der Waals surface area contributed by atoms with Crippen LogP contribution in [-0.4, -0.2) is 20.4 Å². The smallest absolute Gasteiger partial charge is 0.251 e. The van der Waals surface area contributed by atoms with Crippen LogP contribution in [0, 0.1) is 19.8 Å². The number of hydrogen-bond donors (Lipinski definition) is 2. The second-order valence-electron chi connectivity index (χ2n) is 5.91. The van der Waals surface area contributed by atoms with Gasteiger partial charge in [-0.3, -0.25) is 4.79 Å². The molecule has 2 rings (SSSR count). The molecule has 0 heterocycles. The second kappa shape index (κ2) is 5.77. The topological polar surface area (TPSA) is 89.3 Å². The van der Waals surface area contributed by atoms with Crippen LogP contribution in [0.4, 0.5) is 0 Å². The van der Waals surface area contributed by atoms with E-state index < -0.39 is 10.0 Å². The molecule has 1 aliphatic rings. The van der Waals surface area contributed by atoms with Crippen molar-refractivity contribution in [3.63, 3.8) is 0 Å². The molecule has 5 nitrogen and oxygen atoms in total. The van der Waals surface area contributed by atoms with Crippen LogP contribution in [0.25, 0.3) is 0 Å². The second-order valence-corrected chi connectivity index (χ2v) is 7.44. The van der Waals surface area contributed by atoms with E-state index in [-0.39, 0.29) is 16.8 Å². The number of nitrogens with two attached hydrogens (primary N) is 1. The van der Waals surface area contributed by atoms with Crippen LogP contribution in [0.3, 0.4) is 0 Å². The molecule has 1 amide bonds. The van der Waals surface area contributed by atoms with Gasteiger partial charge in [-0.05, 0) is 62.8 Å². The molecule has 0 aliphatic heterocycles. The van der Waals surface area contributed by atoms with E-state index in [0.29, 0.717) is 17.0 Å². The van der Waals surface area contributed by atoms with E-state index in [9.17, 15) is 13.2 Å². The van der Waals surface area contributed by atoms with Crippen molar-refractivity contribution in [2.45, 2.75) is 51.0 Å². The number of nitrogens with one attached hydrogen (secondary N) is 1. The summed E-state index contributed by atoms with van der Waals surface area (Å²) in [5.74, 6) is 0.278. The summed E-state index contributed by atoms with van der Waals surface area (Å²) in [4.78, 5) is 12.3. The quantitative estimate of drug-likeness (QED) is 0.889. The van der Waals surface area contributed by atoms with Crippen molar-refractivity contribution in [2.75, 3.05) is 0 Å². The Labute approximate surface area is 126 Å². The summed E-state index contributed by atoms with van der Waals surface area (Å²) in [6.07, 6.45) is 3.48. The fourth-order valence-electron chi connectivity index (χ4n) is 2.60. The van der Waals surface area contributed by atoms with Gasteiger partial charge in [0.15, 0.2) is 0 Å². The van der Waals surface area contributed by atoms with Gasteiger partial charge < -0.3 is 5.32 Å². The molecule has 0 aromatic heterocycles. The zero-order valence-electron chi connectivity index (χ0n) is 12.6. The molecule has 21 heavy (non-hydrogen) atoms. The Bertz CT molecular complexity index is 664. The highest BCUT2D eigenvalue weighted by atomic mass is 32.2. The van der Waals surface area contributed by atoms with Gasteiger partial charge in [-0.25, -0.2) is 13.6 Å². The van der Waals surface area contributed by atoms with E-state index in [1.165, 1.54) is 12.5 Å². The van der Waals surface area contributed by atoms with Gasteiger partial charge in [0, 0.05) is 11.6 Å². The average molecular weight is 310 g/mol. The molecule has 0 saturated heterocycles. The summed E-state index contributed by atoms with van der Waals surface area (Å²) in [7, 11) is -3.83. The van der Waals surface area contributed by atoms with E-state index in [4.69, 9.17) is 5.14 Å². The molecule has 0 radical (unpaired) electrons. The number of benzene rings is 1. The molecule has 3 N–H and O–H groups in total. The Morgan fingerprint density at radius 1 is 1.33 bits per heavy atom. The normalized spacial score (nSPS) is 17.1.